The number of hydrogen-bond acceptors (Lipinski definition) is 6. The summed E-state index contributed by atoms with van der Waals surface area (Å²) >= 11 is 0. The minimum atomic E-state index is -0.783. The van der Waals surface area contributed by atoms with Crippen molar-refractivity contribution in [1.29, 1.82) is 0 Å². The van der Waals surface area contributed by atoms with Crippen molar-refractivity contribution in [3.8, 4) is 0 Å². The predicted molar refractivity (Wildman–Crippen MR) is 228 cm³/mol. The van der Waals surface area contributed by atoms with Crippen molar-refractivity contribution in [2.24, 2.45) is 0 Å². The zero-order valence-electron chi connectivity index (χ0n) is 35.2. The van der Waals surface area contributed by atoms with Gasteiger partial charge in [0.05, 0.1) is 0 Å². The Hall–Kier alpha value is -2.89. The number of carbonyl (C=O) groups excluding carboxylic acids is 3. The van der Waals surface area contributed by atoms with Crippen LogP contribution in [0.25, 0.3) is 0 Å². The fourth-order valence-corrected chi connectivity index (χ4v) is 5.96. The molecular formula is C48H82O6. The SMILES string of the molecule is CC\C=C/C=C\C=C/C=C\CCCCCCCC(=O)OCC(COC(=O)CCCCCCCCCCCC)OC(=O)CCCCCCC/C=C\CCCC. The van der Waals surface area contributed by atoms with Crippen LogP contribution in [0.5, 0.6) is 0 Å². The maximum Gasteiger partial charge on any atom is 0.306 e. The molecular weight excluding hydrogens is 673 g/mol. The van der Waals surface area contributed by atoms with E-state index in [4.69, 9.17) is 14.2 Å². The van der Waals surface area contributed by atoms with Crippen LogP contribution in [0.1, 0.15) is 207 Å². The normalized spacial score (nSPS) is 12.6. The Balaban J connectivity index is 4.42. The standard InChI is InChI=1S/C48H82O6/c1-4-7-10-13-16-19-22-23-24-25-27-29-32-35-38-41-47(50)53-44-45(43-52-46(49)40-37-34-31-28-21-18-15-12-9-6-3)54-48(51)42-39-36-33-30-26-20-17-14-11-8-5-2/h7,10,13-14,16-17,19,22-24,45H,4-6,8-9,11-12,15,18,20-21,25-44H2,1-3H3/b10-7-,16-13-,17-14-,22-19-,24-23-. The summed E-state index contributed by atoms with van der Waals surface area (Å²) in [5.41, 5.74) is 0. The highest BCUT2D eigenvalue weighted by molar-refractivity contribution is 5.71. The number of hydrogen-bond donors (Lipinski definition) is 0. The van der Waals surface area contributed by atoms with Gasteiger partial charge >= 0.3 is 17.9 Å². The second-order valence-electron chi connectivity index (χ2n) is 14.7. The van der Waals surface area contributed by atoms with E-state index in [1.807, 2.05) is 18.2 Å². The van der Waals surface area contributed by atoms with Crippen LogP contribution in [0.2, 0.25) is 0 Å². The van der Waals surface area contributed by atoms with Gasteiger partial charge in [-0.3, -0.25) is 14.4 Å². The van der Waals surface area contributed by atoms with Crippen LogP contribution < -0.4 is 0 Å². The summed E-state index contributed by atoms with van der Waals surface area (Å²) in [5.74, 6) is -0.924. The third kappa shape index (κ3) is 40.3. The van der Waals surface area contributed by atoms with Crippen LogP contribution in [0, 0.1) is 0 Å². The molecule has 0 radical (unpaired) electrons. The molecule has 6 nitrogen and oxygen atoms in total. The molecule has 0 rings (SSSR count). The summed E-state index contributed by atoms with van der Waals surface area (Å²) in [4.78, 5) is 37.7. The molecule has 0 heterocycles. The highest BCUT2D eigenvalue weighted by atomic mass is 16.6. The van der Waals surface area contributed by atoms with Gasteiger partial charge in [0.25, 0.3) is 0 Å². The van der Waals surface area contributed by atoms with Gasteiger partial charge in [-0.1, -0.05) is 191 Å². The van der Waals surface area contributed by atoms with Crippen molar-refractivity contribution >= 4 is 17.9 Å². The third-order valence-corrected chi connectivity index (χ3v) is 9.35. The van der Waals surface area contributed by atoms with E-state index < -0.39 is 6.10 Å². The Morgan fingerprint density at radius 1 is 0.389 bits per heavy atom. The second kappa shape index (κ2) is 42.8. The van der Waals surface area contributed by atoms with E-state index in [0.29, 0.717) is 19.3 Å². The molecule has 54 heavy (non-hydrogen) atoms. The maximum atomic E-state index is 12.7. The Kier molecular flexibility index (Phi) is 40.6. The topological polar surface area (TPSA) is 78.9 Å². The fourth-order valence-electron chi connectivity index (χ4n) is 5.96. The zero-order chi connectivity index (χ0) is 39.4. The number of ether oxygens (including phenoxy) is 3. The molecule has 0 aromatic carbocycles. The Labute approximate surface area is 332 Å². The summed E-state index contributed by atoms with van der Waals surface area (Å²) < 4.78 is 16.7. The largest absolute Gasteiger partial charge is 0.462 e. The Morgan fingerprint density at radius 2 is 0.759 bits per heavy atom. The summed E-state index contributed by atoms with van der Waals surface area (Å²) in [6.45, 7) is 6.40. The van der Waals surface area contributed by atoms with Gasteiger partial charge in [-0.2, -0.15) is 0 Å². The van der Waals surface area contributed by atoms with E-state index in [1.54, 1.807) is 0 Å². The molecule has 0 N–H and O–H groups in total. The molecule has 0 amide bonds. The first-order valence-corrected chi connectivity index (χ1v) is 22.3. The van der Waals surface area contributed by atoms with E-state index in [0.717, 1.165) is 96.3 Å². The van der Waals surface area contributed by atoms with Gasteiger partial charge in [-0.25, -0.2) is 0 Å². The monoisotopic (exact) mass is 755 g/mol. The lowest BCUT2D eigenvalue weighted by molar-refractivity contribution is -0.167. The summed E-state index contributed by atoms with van der Waals surface area (Å²) in [6.07, 6.45) is 50.5. The molecule has 0 fully saturated rings. The number of unbranched alkanes of at least 4 members (excludes halogenated alkanes) is 21. The molecule has 0 saturated carbocycles. The number of esters is 3. The average molecular weight is 755 g/mol. The lowest BCUT2D eigenvalue weighted by Gasteiger charge is -2.18. The molecule has 1 unspecified atom stereocenters. The van der Waals surface area contributed by atoms with Gasteiger partial charge in [0.2, 0.25) is 0 Å². The van der Waals surface area contributed by atoms with Gasteiger partial charge in [0.15, 0.2) is 6.10 Å². The van der Waals surface area contributed by atoms with Crippen LogP contribution in [-0.2, 0) is 28.6 Å². The van der Waals surface area contributed by atoms with Gasteiger partial charge in [0, 0.05) is 19.3 Å². The van der Waals surface area contributed by atoms with Crippen LogP contribution in [0.3, 0.4) is 0 Å². The van der Waals surface area contributed by atoms with Crippen molar-refractivity contribution in [3.05, 3.63) is 60.8 Å². The summed E-state index contributed by atoms with van der Waals surface area (Å²) in [7, 11) is 0. The van der Waals surface area contributed by atoms with Crippen LogP contribution in [-0.4, -0.2) is 37.2 Å². The number of rotatable bonds is 39. The predicted octanol–water partition coefficient (Wildman–Crippen LogP) is 14.1. The van der Waals surface area contributed by atoms with Crippen molar-refractivity contribution in [1.82, 2.24) is 0 Å². The molecule has 0 saturated heterocycles. The lowest BCUT2D eigenvalue weighted by Crippen LogP contribution is -2.30. The molecule has 0 bridgehead atoms. The first-order valence-electron chi connectivity index (χ1n) is 22.3. The van der Waals surface area contributed by atoms with Crippen molar-refractivity contribution < 1.29 is 28.6 Å². The summed E-state index contributed by atoms with van der Waals surface area (Å²) in [5, 5.41) is 0. The highest BCUT2D eigenvalue weighted by Gasteiger charge is 2.19. The first kappa shape index (κ1) is 51.1. The zero-order valence-corrected chi connectivity index (χ0v) is 35.2. The van der Waals surface area contributed by atoms with E-state index in [-0.39, 0.29) is 31.1 Å². The number of allylic oxidation sites excluding steroid dienone is 10. The molecule has 0 aromatic rings. The number of carbonyl (C=O) groups is 3. The molecule has 0 aliphatic rings. The minimum Gasteiger partial charge on any atom is -0.462 e. The molecule has 310 valence electrons. The van der Waals surface area contributed by atoms with Crippen LogP contribution in [0.15, 0.2) is 60.8 Å². The van der Waals surface area contributed by atoms with E-state index in [2.05, 4.69) is 63.3 Å². The summed E-state index contributed by atoms with van der Waals surface area (Å²) in [6, 6.07) is 0. The molecule has 0 aromatic heterocycles. The lowest BCUT2D eigenvalue weighted by atomic mass is 10.1. The van der Waals surface area contributed by atoms with Crippen molar-refractivity contribution in [3.63, 3.8) is 0 Å². The molecule has 6 heteroatoms. The molecule has 0 aliphatic heterocycles. The van der Waals surface area contributed by atoms with E-state index in [1.165, 1.54) is 70.6 Å². The van der Waals surface area contributed by atoms with Crippen molar-refractivity contribution in [2.45, 2.75) is 213 Å². The quantitative estimate of drug-likeness (QED) is 0.0204. The van der Waals surface area contributed by atoms with Gasteiger partial charge in [0.1, 0.15) is 13.2 Å². The minimum absolute atomic E-state index is 0.0847. The first-order chi connectivity index (χ1) is 26.5. The van der Waals surface area contributed by atoms with E-state index >= 15 is 0 Å². The highest BCUT2D eigenvalue weighted by Crippen LogP contribution is 2.14. The molecule has 1 atom stereocenters. The maximum absolute atomic E-state index is 12.7. The van der Waals surface area contributed by atoms with Gasteiger partial charge < -0.3 is 14.2 Å². The van der Waals surface area contributed by atoms with Crippen LogP contribution >= 0.6 is 0 Å². The van der Waals surface area contributed by atoms with Gasteiger partial charge in [-0.15, -0.1) is 0 Å². The fraction of sp³-hybridized carbons (Fsp3) is 0.729. The van der Waals surface area contributed by atoms with Crippen molar-refractivity contribution in [2.75, 3.05) is 13.2 Å². The molecule has 0 spiro atoms. The van der Waals surface area contributed by atoms with Crippen LogP contribution in [0.4, 0.5) is 0 Å². The van der Waals surface area contributed by atoms with E-state index in [9.17, 15) is 14.4 Å². The van der Waals surface area contributed by atoms with Gasteiger partial charge in [-0.05, 0) is 57.8 Å². The Bertz CT molecular complexity index is 1010. The third-order valence-electron chi connectivity index (χ3n) is 9.35. The Morgan fingerprint density at radius 3 is 1.24 bits per heavy atom. The smallest absolute Gasteiger partial charge is 0.306 e. The second-order valence-corrected chi connectivity index (χ2v) is 14.7. The molecule has 0 aliphatic carbocycles. The average Bonchev–Trinajstić information content (AvgIpc) is 3.17.